The van der Waals surface area contributed by atoms with Crippen LogP contribution in [0.4, 0.5) is 17.6 Å². The molecule has 3 N–H and O–H groups in total. The second-order valence-electron chi connectivity index (χ2n) is 6.85. The molecule has 1 fully saturated rings. The fourth-order valence-electron chi connectivity index (χ4n) is 3.55. The summed E-state index contributed by atoms with van der Waals surface area (Å²) in [7, 11) is 0. The highest BCUT2D eigenvalue weighted by Gasteiger charge is 2.40. The van der Waals surface area contributed by atoms with Crippen molar-refractivity contribution in [3.05, 3.63) is 65.0 Å². The number of hydrogen-bond donors (Lipinski definition) is 3. The Morgan fingerprint density at radius 1 is 1.08 bits per heavy atom. The molecule has 0 aliphatic carbocycles. The van der Waals surface area contributed by atoms with Crippen LogP contribution in [-0.4, -0.2) is 16.3 Å². The van der Waals surface area contributed by atoms with Crippen molar-refractivity contribution in [3.8, 4) is 5.75 Å². The van der Waals surface area contributed by atoms with Crippen LogP contribution in [-0.2, 0) is 11.8 Å². The molecule has 0 spiro atoms. The first kappa shape index (κ1) is 18.7. The molecule has 26 heavy (non-hydrogen) atoms. The summed E-state index contributed by atoms with van der Waals surface area (Å²) >= 11 is 0. The summed E-state index contributed by atoms with van der Waals surface area (Å²) in [6, 6.07) is 7.93. The number of piperidine rings is 1. The standard InChI is InChI=1S/C19H19F4NO2/c1-11-9-18(26,13-3-5-14(6-4-13)19(21,22)23)10-16(24-11)12-2-7-17(25)15(20)8-12/h2-8,11,16,24-26H,9-10H2,1H3/t11-,16-,18?/m0/s1. The average Bonchev–Trinajstić information content (AvgIpc) is 2.56. The molecule has 7 heteroatoms. The van der Waals surface area contributed by atoms with Gasteiger partial charge < -0.3 is 15.5 Å². The molecule has 1 heterocycles. The number of benzene rings is 2. The number of hydrogen-bond acceptors (Lipinski definition) is 3. The van der Waals surface area contributed by atoms with Gasteiger partial charge in [0, 0.05) is 12.1 Å². The molecule has 0 aromatic heterocycles. The van der Waals surface area contributed by atoms with Gasteiger partial charge in [0.25, 0.3) is 0 Å². The van der Waals surface area contributed by atoms with Crippen LogP contribution in [0.2, 0.25) is 0 Å². The summed E-state index contributed by atoms with van der Waals surface area (Å²) in [6.07, 6.45) is -3.95. The second-order valence-corrected chi connectivity index (χ2v) is 6.85. The van der Waals surface area contributed by atoms with Crippen LogP contribution in [0.15, 0.2) is 42.5 Å². The van der Waals surface area contributed by atoms with Crippen molar-refractivity contribution in [2.75, 3.05) is 0 Å². The molecule has 1 aliphatic heterocycles. The lowest BCUT2D eigenvalue weighted by Gasteiger charge is -2.41. The van der Waals surface area contributed by atoms with E-state index in [1.807, 2.05) is 6.92 Å². The average molecular weight is 369 g/mol. The highest BCUT2D eigenvalue weighted by Crippen LogP contribution is 2.41. The van der Waals surface area contributed by atoms with Gasteiger partial charge in [0.2, 0.25) is 0 Å². The van der Waals surface area contributed by atoms with E-state index in [-0.39, 0.29) is 12.5 Å². The van der Waals surface area contributed by atoms with Crippen LogP contribution in [0.25, 0.3) is 0 Å². The minimum atomic E-state index is -4.44. The van der Waals surface area contributed by atoms with E-state index in [4.69, 9.17) is 0 Å². The van der Waals surface area contributed by atoms with Crippen molar-refractivity contribution in [1.29, 1.82) is 0 Å². The zero-order valence-electron chi connectivity index (χ0n) is 14.0. The molecule has 140 valence electrons. The van der Waals surface area contributed by atoms with Crippen LogP contribution in [0.1, 0.15) is 42.5 Å². The topological polar surface area (TPSA) is 52.5 Å². The Labute approximate surface area is 148 Å². The van der Waals surface area contributed by atoms with Crippen LogP contribution in [0, 0.1) is 5.82 Å². The molecule has 1 unspecified atom stereocenters. The third-order valence-corrected chi connectivity index (χ3v) is 4.80. The van der Waals surface area contributed by atoms with Gasteiger partial charge in [-0.1, -0.05) is 18.2 Å². The first-order chi connectivity index (χ1) is 12.1. The first-order valence-electron chi connectivity index (χ1n) is 8.23. The normalized spacial score (nSPS) is 26.7. The van der Waals surface area contributed by atoms with Gasteiger partial charge in [-0.25, -0.2) is 4.39 Å². The summed E-state index contributed by atoms with van der Waals surface area (Å²) in [5, 5.41) is 23.7. The van der Waals surface area contributed by atoms with E-state index < -0.39 is 34.9 Å². The maximum Gasteiger partial charge on any atom is 0.416 e. The third-order valence-electron chi connectivity index (χ3n) is 4.80. The lowest BCUT2D eigenvalue weighted by Crippen LogP contribution is -2.46. The van der Waals surface area contributed by atoms with Crippen molar-refractivity contribution in [2.24, 2.45) is 0 Å². The predicted molar refractivity (Wildman–Crippen MR) is 88.0 cm³/mol. The highest BCUT2D eigenvalue weighted by molar-refractivity contribution is 5.33. The fraction of sp³-hybridized carbons (Fsp3) is 0.368. The largest absolute Gasteiger partial charge is 0.505 e. The smallest absolute Gasteiger partial charge is 0.416 e. The van der Waals surface area contributed by atoms with E-state index in [2.05, 4.69) is 5.32 Å². The van der Waals surface area contributed by atoms with Gasteiger partial charge >= 0.3 is 6.18 Å². The van der Waals surface area contributed by atoms with E-state index in [0.717, 1.165) is 12.1 Å². The maximum absolute atomic E-state index is 13.7. The summed E-state index contributed by atoms with van der Waals surface area (Å²) in [5.41, 5.74) is -1.17. The van der Waals surface area contributed by atoms with E-state index in [1.165, 1.54) is 24.3 Å². The van der Waals surface area contributed by atoms with Crippen LogP contribution < -0.4 is 5.32 Å². The van der Waals surface area contributed by atoms with Crippen molar-refractivity contribution in [1.82, 2.24) is 5.32 Å². The minimum Gasteiger partial charge on any atom is -0.505 e. The molecule has 2 aromatic carbocycles. The summed E-state index contributed by atoms with van der Waals surface area (Å²) < 4.78 is 51.9. The van der Waals surface area contributed by atoms with Crippen LogP contribution in [0.5, 0.6) is 5.75 Å². The lowest BCUT2D eigenvalue weighted by molar-refractivity contribution is -0.137. The van der Waals surface area contributed by atoms with Crippen molar-refractivity contribution < 1.29 is 27.8 Å². The van der Waals surface area contributed by atoms with Crippen molar-refractivity contribution >= 4 is 0 Å². The second kappa shape index (κ2) is 6.55. The van der Waals surface area contributed by atoms with Gasteiger partial charge in [0.1, 0.15) is 0 Å². The van der Waals surface area contributed by atoms with Gasteiger partial charge in [0.05, 0.1) is 11.2 Å². The fourth-order valence-corrected chi connectivity index (χ4v) is 3.55. The number of nitrogens with one attached hydrogen (secondary N) is 1. The number of alkyl halides is 3. The first-order valence-corrected chi connectivity index (χ1v) is 8.23. The minimum absolute atomic E-state index is 0.141. The van der Waals surface area contributed by atoms with E-state index >= 15 is 0 Å². The Kier molecular flexibility index (Phi) is 4.71. The summed E-state index contributed by atoms with van der Waals surface area (Å²) in [5.74, 6) is -1.23. The van der Waals surface area contributed by atoms with Gasteiger partial charge in [-0.15, -0.1) is 0 Å². The molecular weight excluding hydrogens is 350 g/mol. The number of halogens is 4. The molecule has 0 bridgehead atoms. The molecule has 3 rings (SSSR count). The molecule has 1 saturated heterocycles. The lowest BCUT2D eigenvalue weighted by atomic mass is 9.77. The molecule has 2 aromatic rings. The van der Waals surface area contributed by atoms with E-state index in [1.54, 1.807) is 6.07 Å². The zero-order chi connectivity index (χ0) is 19.1. The van der Waals surface area contributed by atoms with Gasteiger partial charge in [0.15, 0.2) is 11.6 Å². The molecule has 0 saturated carbocycles. The zero-order valence-corrected chi connectivity index (χ0v) is 14.0. The quantitative estimate of drug-likeness (QED) is 0.694. The number of aliphatic hydroxyl groups is 1. The molecular formula is C19H19F4NO2. The molecule has 3 atom stereocenters. The summed E-state index contributed by atoms with van der Waals surface area (Å²) in [4.78, 5) is 0. The highest BCUT2D eigenvalue weighted by atomic mass is 19.4. The Morgan fingerprint density at radius 3 is 2.31 bits per heavy atom. The Hall–Kier alpha value is -2.12. The van der Waals surface area contributed by atoms with E-state index in [9.17, 15) is 27.8 Å². The molecule has 3 nitrogen and oxygen atoms in total. The Bertz CT molecular complexity index is 791. The molecule has 0 radical (unpaired) electrons. The maximum atomic E-state index is 13.7. The summed E-state index contributed by atoms with van der Waals surface area (Å²) in [6.45, 7) is 1.85. The van der Waals surface area contributed by atoms with E-state index in [0.29, 0.717) is 17.5 Å². The molecule has 1 aliphatic rings. The van der Waals surface area contributed by atoms with Crippen LogP contribution >= 0.6 is 0 Å². The van der Waals surface area contributed by atoms with Crippen molar-refractivity contribution in [3.63, 3.8) is 0 Å². The SMILES string of the molecule is C[C@H]1CC(O)(c2ccc(C(F)(F)F)cc2)C[C@@H](c2ccc(O)c(F)c2)N1. The predicted octanol–water partition coefficient (Wildman–Crippen LogP) is 4.25. The van der Waals surface area contributed by atoms with Crippen molar-refractivity contribution in [2.45, 2.75) is 43.6 Å². The number of phenols is 1. The Balaban J connectivity index is 1.89. The third kappa shape index (κ3) is 3.68. The Morgan fingerprint density at radius 2 is 1.73 bits per heavy atom. The molecule has 0 amide bonds. The van der Waals surface area contributed by atoms with Gasteiger partial charge in [-0.05, 0) is 55.2 Å². The number of rotatable bonds is 2. The number of aromatic hydroxyl groups is 1. The van der Waals surface area contributed by atoms with Gasteiger partial charge in [-0.2, -0.15) is 13.2 Å². The number of phenolic OH excluding ortho intramolecular Hbond substituents is 1. The van der Waals surface area contributed by atoms with Gasteiger partial charge in [-0.3, -0.25) is 0 Å². The van der Waals surface area contributed by atoms with Crippen LogP contribution in [0.3, 0.4) is 0 Å². The monoisotopic (exact) mass is 369 g/mol.